The second kappa shape index (κ2) is 4.91. The average molecular weight is 272 g/mol. The van der Waals surface area contributed by atoms with Crippen LogP contribution in [0.15, 0.2) is 12.1 Å². The third kappa shape index (κ3) is 2.27. The smallest absolute Gasteiger partial charge is 0.257 e. The van der Waals surface area contributed by atoms with E-state index in [-0.39, 0.29) is 6.54 Å². The molecule has 1 atom stereocenters. The zero-order valence-electron chi connectivity index (χ0n) is 9.83. The summed E-state index contributed by atoms with van der Waals surface area (Å²) in [5.41, 5.74) is 4.53. The standard InChI is InChI=1S/C12H11F3N2O2/c13-7-4-3-6(9(14)10(7)15)12(19)17-5-1-2-8(17)11(16)18/h3-4,8H,1-2,5H2,(H2,16,18)/t8-/m0/s1. The molecule has 0 unspecified atom stereocenters. The number of nitrogens with zero attached hydrogens (tertiary/aromatic N) is 1. The molecule has 0 bridgehead atoms. The zero-order chi connectivity index (χ0) is 14.2. The first kappa shape index (κ1) is 13.4. The third-order valence-corrected chi connectivity index (χ3v) is 3.11. The normalized spacial score (nSPS) is 18.7. The van der Waals surface area contributed by atoms with Gasteiger partial charge in [0, 0.05) is 6.54 Å². The van der Waals surface area contributed by atoms with Crippen molar-refractivity contribution in [3.8, 4) is 0 Å². The molecule has 0 aliphatic carbocycles. The van der Waals surface area contributed by atoms with Crippen LogP contribution in [0, 0.1) is 17.5 Å². The minimum Gasteiger partial charge on any atom is -0.368 e. The highest BCUT2D eigenvalue weighted by Crippen LogP contribution is 2.23. The molecule has 1 aliphatic rings. The van der Waals surface area contributed by atoms with E-state index in [1.54, 1.807) is 0 Å². The number of amides is 2. The topological polar surface area (TPSA) is 63.4 Å². The zero-order valence-corrected chi connectivity index (χ0v) is 9.83. The number of hydrogen-bond donors (Lipinski definition) is 1. The van der Waals surface area contributed by atoms with Crippen molar-refractivity contribution in [1.82, 2.24) is 4.90 Å². The molecule has 1 aliphatic heterocycles. The van der Waals surface area contributed by atoms with E-state index in [4.69, 9.17) is 5.73 Å². The van der Waals surface area contributed by atoms with Crippen LogP contribution in [-0.4, -0.2) is 29.3 Å². The van der Waals surface area contributed by atoms with Crippen LogP contribution < -0.4 is 5.73 Å². The third-order valence-electron chi connectivity index (χ3n) is 3.11. The van der Waals surface area contributed by atoms with Crippen molar-refractivity contribution >= 4 is 11.8 Å². The van der Waals surface area contributed by atoms with Crippen LogP contribution in [0.4, 0.5) is 13.2 Å². The summed E-state index contributed by atoms with van der Waals surface area (Å²) in [6.45, 7) is 0.227. The molecule has 1 heterocycles. The molecule has 19 heavy (non-hydrogen) atoms. The van der Waals surface area contributed by atoms with E-state index in [0.717, 1.165) is 11.0 Å². The van der Waals surface area contributed by atoms with Crippen molar-refractivity contribution in [3.05, 3.63) is 35.1 Å². The molecule has 4 nitrogen and oxygen atoms in total. The van der Waals surface area contributed by atoms with Crippen molar-refractivity contribution in [2.45, 2.75) is 18.9 Å². The second-order valence-electron chi connectivity index (χ2n) is 4.28. The summed E-state index contributed by atoms with van der Waals surface area (Å²) in [6, 6.07) is 0.688. The van der Waals surface area contributed by atoms with E-state index in [1.165, 1.54) is 0 Å². The molecule has 1 saturated heterocycles. The van der Waals surface area contributed by atoms with Crippen LogP contribution in [-0.2, 0) is 4.79 Å². The fourth-order valence-corrected chi connectivity index (χ4v) is 2.15. The molecule has 1 aromatic carbocycles. The van der Waals surface area contributed by atoms with Gasteiger partial charge in [-0.25, -0.2) is 13.2 Å². The van der Waals surface area contributed by atoms with Gasteiger partial charge in [-0.2, -0.15) is 0 Å². The van der Waals surface area contributed by atoms with Gasteiger partial charge < -0.3 is 10.6 Å². The van der Waals surface area contributed by atoms with Crippen LogP contribution in [0.2, 0.25) is 0 Å². The monoisotopic (exact) mass is 272 g/mol. The summed E-state index contributed by atoms with van der Waals surface area (Å²) in [6.07, 6.45) is 0.928. The molecular weight excluding hydrogens is 261 g/mol. The fourth-order valence-electron chi connectivity index (χ4n) is 2.15. The lowest BCUT2D eigenvalue weighted by atomic mass is 10.1. The first-order valence-electron chi connectivity index (χ1n) is 5.67. The summed E-state index contributed by atoms with van der Waals surface area (Å²) in [5.74, 6) is -6.20. The number of carbonyl (C=O) groups is 2. The number of hydrogen-bond acceptors (Lipinski definition) is 2. The van der Waals surface area contributed by atoms with Crippen molar-refractivity contribution in [1.29, 1.82) is 0 Å². The maximum atomic E-state index is 13.5. The number of halogens is 3. The maximum absolute atomic E-state index is 13.5. The summed E-state index contributed by atoms with van der Waals surface area (Å²) < 4.78 is 39.4. The summed E-state index contributed by atoms with van der Waals surface area (Å²) >= 11 is 0. The number of carbonyl (C=O) groups excluding carboxylic acids is 2. The first-order valence-corrected chi connectivity index (χ1v) is 5.67. The van der Waals surface area contributed by atoms with Gasteiger partial charge in [0.2, 0.25) is 5.91 Å². The molecule has 1 aromatic rings. The molecule has 1 fully saturated rings. The lowest BCUT2D eigenvalue weighted by Crippen LogP contribution is -2.44. The minimum atomic E-state index is -1.71. The van der Waals surface area contributed by atoms with Gasteiger partial charge in [0.25, 0.3) is 5.91 Å². The highest BCUT2D eigenvalue weighted by Gasteiger charge is 2.34. The Morgan fingerprint density at radius 2 is 1.89 bits per heavy atom. The summed E-state index contributed by atoms with van der Waals surface area (Å²) in [5, 5.41) is 0. The number of rotatable bonds is 2. The van der Waals surface area contributed by atoms with Gasteiger partial charge >= 0.3 is 0 Å². The molecule has 0 radical (unpaired) electrons. The molecule has 0 spiro atoms. The van der Waals surface area contributed by atoms with Gasteiger partial charge in [-0.1, -0.05) is 0 Å². The fraction of sp³-hybridized carbons (Fsp3) is 0.333. The molecular formula is C12H11F3N2O2. The quantitative estimate of drug-likeness (QED) is 0.822. The lowest BCUT2D eigenvalue weighted by Gasteiger charge is -2.22. The van der Waals surface area contributed by atoms with Gasteiger partial charge in [0.15, 0.2) is 17.5 Å². The Bertz CT molecular complexity index is 548. The Hall–Kier alpha value is -2.05. The van der Waals surface area contributed by atoms with Gasteiger partial charge in [-0.15, -0.1) is 0 Å². The van der Waals surface area contributed by atoms with Gasteiger partial charge in [-0.05, 0) is 25.0 Å². The number of nitrogens with two attached hydrogens (primary N) is 1. The Labute approximate surface area is 107 Å². The van der Waals surface area contributed by atoms with Crippen molar-refractivity contribution in [2.75, 3.05) is 6.54 Å². The first-order chi connectivity index (χ1) is 8.93. The Morgan fingerprint density at radius 3 is 2.53 bits per heavy atom. The molecule has 2 amide bonds. The summed E-state index contributed by atoms with van der Waals surface area (Å²) in [7, 11) is 0. The Kier molecular flexibility index (Phi) is 3.46. The maximum Gasteiger partial charge on any atom is 0.257 e. The van der Waals surface area contributed by atoms with Gasteiger partial charge in [0.05, 0.1) is 5.56 Å². The second-order valence-corrected chi connectivity index (χ2v) is 4.28. The van der Waals surface area contributed by atoms with Crippen LogP contribution in [0.5, 0.6) is 0 Å². The largest absolute Gasteiger partial charge is 0.368 e. The summed E-state index contributed by atoms with van der Waals surface area (Å²) in [4.78, 5) is 24.3. The molecule has 7 heteroatoms. The average Bonchev–Trinajstić information content (AvgIpc) is 2.84. The Balaban J connectivity index is 2.35. The van der Waals surface area contributed by atoms with Crippen molar-refractivity contribution in [3.63, 3.8) is 0 Å². The SMILES string of the molecule is NC(=O)[C@@H]1CCCN1C(=O)c1ccc(F)c(F)c1F. The Morgan fingerprint density at radius 1 is 1.21 bits per heavy atom. The number of benzene rings is 1. The van der Waals surface area contributed by atoms with E-state index >= 15 is 0 Å². The van der Waals surface area contributed by atoms with Crippen LogP contribution in [0.3, 0.4) is 0 Å². The number of primary amides is 1. The molecule has 2 rings (SSSR count). The predicted molar refractivity (Wildman–Crippen MR) is 59.6 cm³/mol. The predicted octanol–water partition coefficient (Wildman–Crippen LogP) is 1.19. The van der Waals surface area contributed by atoms with E-state index < -0.39 is 40.9 Å². The molecule has 0 saturated carbocycles. The van der Waals surface area contributed by atoms with E-state index in [2.05, 4.69) is 0 Å². The van der Waals surface area contributed by atoms with E-state index in [1.807, 2.05) is 0 Å². The molecule has 102 valence electrons. The minimum absolute atomic E-state index is 0.227. The van der Waals surface area contributed by atoms with Gasteiger partial charge in [-0.3, -0.25) is 9.59 Å². The van der Waals surface area contributed by atoms with Gasteiger partial charge in [0.1, 0.15) is 6.04 Å². The van der Waals surface area contributed by atoms with Crippen molar-refractivity contribution < 1.29 is 22.8 Å². The van der Waals surface area contributed by atoms with Crippen molar-refractivity contribution in [2.24, 2.45) is 5.73 Å². The highest BCUT2D eigenvalue weighted by molar-refractivity contribution is 5.97. The van der Waals surface area contributed by atoms with Crippen LogP contribution in [0.25, 0.3) is 0 Å². The molecule has 2 N–H and O–H groups in total. The lowest BCUT2D eigenvalue weighted by molar-refractivity contribution is -0.121. The molecule has 0 aromatic heterocycles. The van der Waals surface area contributed by atoms with E-state index in [0.29, 0.717) is 18.9 Å². The number of likely N-dealkylation sites (tertiary alicyclic amines) is 1. The van der Waals surface area contributed by atoms with Crippen LogP contribution >= 0.6 is 0 Å². The van der Waals surface area contributed by atoms with Crippen LogP contribution in [0.1, 0.15) is 23.2 Å². The highest BCUT2D eigenvalue weighted by atomic mass is 19.2. The van der Waals surface area contributed by atoms with E-state index in [9.17, 15) is 22.8 Å².